The largest absolute Gasteiger partial charge is 0.453 e. The molecule has 0 spiro atoms. The second kappa shape index (κ2) is 5.55. The van der Waals surface area contributed by atoms with Crippen LogP contribution in [0, 0.1) is 11.6 Å². The molecule has 2 nitrogen and oxygen atoms in total. The summed E-state index contributed by atoms with van der Waals surface area (Å²) in [7, 11) is 0. The third-order valence-corrected chi connectivity index (χ3v) is 2.89. The molecule has 5 heteroatoms. The number of benzene rings is 2. The number of halogens is 3. The molecule has 0 aromatic heterocycles. The van der Waals surface area contributed by atoms with Crippen LogP contribution >= 0.6 is 11.6 Å². The van der Waals surface area contributed by atoms with Crippen molar-refractivity contribution in [1.82, 2.24) is 0 Å². The lowest BCUT2D eigenvalue weighted by atomic mass is 10.1. The number of nitrogens with two attached hydrogens (primary N) is 1. The monoisotopic (exact) mass is 283 g/mol. The minimum absolute atomic E-state index is 0.0120. The quantitative estimate of drug-likeness (QED) is 0.904. The first-order chi connectivity index (χ1) is 8.97. The molecule has 1 atom stereocenters. The van der Waals surface area contributed by atoms with Gasteiger partial charge in [-0.15, -0.1) is 0 Å². The van der Waals surface area contributed by atoms with E-state index in [2.05, 4.69) is 0 Å². The van der Waals surface area contributed by atoms with E-state index in [1.807, 2.05) is 0 Å². The second-order valence-corrected chi connectivity index (χ2v) is 4.56. The fourth-order valence-electron chi connectivity index (χ4n) is 1.56. The molecular formula is C14H12ClF2NO. The fraction of sp³-hybridized carbons (Fsp3) is 0.143. The van der Waals surface area contributed by atoms with E-state index in [9.17, 15) is 8.78 Å². The third-order valence-electron chi connectivity index (χ3n) is 2.60. The summed E-state index contributed by atoms with van der Waals surface area (Å²) in [6, 6.07) is 7.81. The van der Waals surface area contributed by atoms with Gasteiger partial charge in [0.1, 0.15) is 11.6 Å². The molecule has 0 aliphatic rings. The summed E-state index contributed by atoms with van der Waals surface area (Å²) in [5, 5.41) is 0.0793. The van der Waals surface area contributed by atoms with Gasteiger partial charge in [-0.3, -0.25) is 0 Å². The Labute approximate surface area is 114 Å². The average Bonchev–Trinajstić information content (AvgIpc) is 2.34. The average molecular weight is 284 g/mol. The molecule has 0 aliphatic carbocycles. The van der Waals surface area contributed by atoms with E-state index in [4.69, 9.17) is 22.1 Å². The Morgan fingerprint density at radius 1 is 1.11 bits per heavy atom. The number of hydrogen-bond donors (Lipinski definition) is 1. The van der Waals surface area contributed by atoms with E-state index in [1.54, 1.807) is 13.0 Å². The first kappa shape index (κ1) is 13.8. The summed E-state index contributed by atoms with van der Waals surface area (Å²) in [5.74, 6) is -0.825. The van der Waals surface area contributed by atoms with Crippen LogP contribution < -0.4 is 10.5 Å². The Bertz CT molecular complexity index is 602. The molecule has 2 rings (SSSR count). The van der Waals surface area contributed by atoms with Gasteiger partial charge in [-0.25, -0.2) is 8.78 Å². The van der Waals surface area contributed by atoms with Gasteiger partial charge in [-0.2, -0.15) is 0 Å². The molecular weight excluding hydrogens is 272 g/mol. The van der Waals surface area contributed by atoms with E-state index < -0.39 is 11.6 Å². The zero-order valence-corrected chi connectivity index (χ0v) is 10.9. The Morgan fingerprint density at radius 3 is 2.37 bits per heavy atom. The Kier molecular flexibility index (Phi) is 4.02. The smallest absolute Gasteiger partial charge is 0.166 e. The zero-order chi connectivity index (χ0) is 14.0. The van der Waals surface area contributed by atoms with E-state index in [0.29, 0.717) is 5.56 Å². The van der Waals surface area contributed by atoms with E-state index in [1.165, 1.54) is 24.3 Å². The highest BCUT2D eigenvalue weighted by Gasteiger charge is 2.10. The van der Waals surface area contributed by atoms with Crippen LogP contribution in [0.5, 0.6) is 11.5 Å². The van der Waals surface area contributed by atoms with Crippen molar-refractivity contribution in [3.8, 4) is 11.5 Å². The Balaban J connectivity index is 2.28. The maximum Gasteiger partial charge on any atom is 0.166 e. The highest BCUT2D eigenvalue weighted by molar-refractivity contribution is 6.32. The van der Waals surface area contributed by atoms with Crippen molar-refractivity contribution in [3.63, 3.8) is 0 Å². The highest BCUT2D eigenvalue weighted by atomic mass is 35.5. The molecule has 2 N–H and O–H groups in total. The molecule has 0 bridgehead atoms. The number of hydrogen-bond acceptors (Lipinski definition) is 2. The van der Waals surface area contributed by atoms with Gasteiger partial charge in [-0.1, -0.05) is 17.7 Å². The first-order valence-electron chi connectivity index (χ1n) is 5.65. The lowest BCUT2D eigenvalue weighted by molar-refractivity contribution is 0.440. The van der Waals surface area contributed by atoms with E-state index in [0.717, 1.165) is 6.07 Å². The summed E-state index contributed by atoms with van der Waals surface area (Å²) in [6.45, 7) is 1.76. The van der Waals surface area contributed by atoms with Gasteiger partial charge in [-0.05, 0) is 42.8 Å². The molecule has 0 radical (unpaired) electrons. The molecule has 0 amide bonds. The molecule has 19 heavy (non-hydrogen) atoms. The highest BCUT2D eigenvalue weighted by Crippen LogP contribution is 2.31. The summed E-state index contributed by atoms with van der Waals surface area (Å²) in [6.07, 6.45) is 0. The van der Waals surface area contributed by atoms with Crippen molar-refractivity contribution in [2.24, 2.45) is 5.73 Å². The molecule has 0 fully saturated rings. The maximum atomic E-state index is 13.8. The number of ether oxygens (including phenoxy) is 1. The minimum Gasteiger partial charge on any atom is -0.453 e. The SMILES string of the molecule is C[C@@H](N)c1ccc(Oc2ccc(F)cc2Cl)c(F)c1. The van der Waals surface area contributed by atoms with Crippen molar-refractivity contribution in [2.75, 3.05) is 0 Å². The van der Waals surface area contributed by atoms with Gasteiger partial charge in [0.25, 0.3) is 0 Å². The van der Waals surface area contributed by atoms with Gasteiger partial charge >= 0.3 is 0 Å². The molecule has 0 unspecified atom stereocenters. The predicted molar refractivity (Wildman–Crippen MR) is 70.5 cm³/mol. The maximum absolute atomic E-state index is 13.8. The molecule has 0 saturated carbocycles. The topological polar surface area (TPSA) is 35.2 Å². The number of rotatable bonds is 3. The van der Waals surface area contributed by atoms with Gasteiger partial charge < -0.3 is 10.5 Å². The molecule has 100 valence electrons. The van der Waals surface area contributed by atoms with Crippen LogP contribution in [0.3, 0.4) is 0 Å². The first-order valence-corrected chi connectivity index (χ1v) is 6.03. The standard InChI is InChI=1S/C14H12ClF2NO/c1-8(18)9-2-4-14(12(17)6-9)19-13-5-3-10(16)7-11(13)15/h2-8H,18H2,1H3/t8-/m1/s1. The molecule has 2 aromatic carbocycles. The fourth-order valence-corrected chi connectivity index (χ4v) is 1.77. The van der Waals surface area contributed by atoms with Gasteiger partial charge in [0.2, 0.25) is 0 Å². The van der Waals surface area contributed by atoms with Crippen LogP contribution in [0.15, 0.2) is 36.4 Å². The minimum atomic E-state index is -0.546. The molecule has 0 aliphatic heterocycles. The normalized spacial score (nSPS) is 12.3. The van der Waals surface area contributed by atoms with E-state index in [-0.39, 0.29) is 22.6 Å². The van der Waals surface area contributed by atoms with Crippen molar-refractivity contribution >= 4 is 11.6 Å². The van der Waals surface area contributed by atoms with Crippen LogP contribution in [0.25, 0.3) is 0 Å². The lowest BCUT2D eigenvalue weighted by Crippen LogP contribution is -2.05. The lowest BCUT2D eigenvalue weighted by Gasteiger charge is -2.11. The van der Waals surface area contributed by atoms with Crippen molar-refractivity contribution < 1.29 is 13.5 Å². The Hall–Kier alpha value is -1.65. The van der Waals surface area contributed by atoms with Crippen LogP contribution in [0.1, 0.15) is 18.5 Å². The third kappa shape index (κ3) is 3.22. The molecule has 0 heterocycles. The summed E-state index contributed by atoms with van der Waals surface area (Å²) in [5.41, 5.74) is 6.32. The van der Waals surface area contributed by atoms with Gasteiger partial charge in [0, 0.05) is 6.04 Å². The molecule has 2 aromatic rings. The molecule has 0 saturated heterocycles. The van der Waals surface area contributed by atoms with Crippen molar-refractivity contribution in [3.05, 3.63) is 58.6 Å². The van der Waals surface area contributed by atoms with Crippen LogP contribution in [0.2, 0.25) is 5.02 Å². The van der Waals surface area contributed by atoms with Crippen molar-refractivity contribution in [1.29, 1.82) is 0 Å². The summed E-state index contributed by atoms with van der Waals surface area (Å²) in [4.78, 5) is 0. The van der Waals surface area contributed by atoms with Gasteiger partial charge in [0.15, 0.2) is 11.6 Å². The van der Waals surface area contributed by atoms with Crippen molar-refractivity contribution in [2.45, 2.75) is 13.0 Å². The zero-order valence-electron chi connectivity index (χ0n) is 10.2. The van der Waals surface area contributed by atoms with E-state index >= 15 is 0 Å². The predicted octanol–water partition coefficient (Wildman–Crippen LogP) is 4.43. The summed E-state index contributed by atoms with van der Waals surface area (Å²) < 4.78 is 32.0. The van der Waals surface area contributed by atoms with Crippen LogP contribution in [0.4, 0.5) is 8.78 Å². The van der Waals surface area contributed by atoms with Gasteiger partial charge in [0.05, 0.1) is 5.02 Å². The Morgan fingerprint density at radius 2 is 1.79 bits per heavy atom. The van der Waals surface area contributed by atoms with Crippen LogP contribution in [-0.4, -0.2) is 0 Å². The summed E-state index contributed by atoms with van der Waals surface area (Å²) >= 11 is 5.81. The second-order valence-electron chi connectivity index (χ2n) is 4.16. The van der Waals surface area contributed by atoms with Crippen LogP contribution in [-0.2, 0) is 0 Å².